The fourth-order valence-electron chi connectivity index (χ4n) is 2.43. The van der Waals surface area contributed by atoms with Gasteiger partial charge in [0.25, 0.3) is 5.69 Å². The van der Waals surface area contributed by atoms with Gasteiger partial charge in [-0.2, -0.15) is 0 Å². The molecule has 1 unspecified atom stereocenters. The molecule has 0 saturated carbocycles. The Kier molecular flexibility index (Phi) is 3.43. The van der Waals surface area contributed by atoms with E-state index < -0.39 is 4.92 Å². The van der Waals surface area contributed by atoms with E-state index in [4.69, 9.17) is 4.74 Å². The molecule has 0 aliphatic carbocycles. The predicted molar refractivity (Wildman–Crippen MR) is 78.7 cm³/mol. The average Bonchev–Trinajstić information content (AvgIpc) is 2.87. The van der Waals surface area contributed by atoms with Crippen LogP contribution in [0.15, 0.2) is 36.4 Å². The molecule has 0 spiro atoms. The van der Waals surface area contributed by atoms with E-state index in [9.17, 15) is 10.1 Å². The van der Waals surface area contributed by atoms with Crippen molar-refractivity contribution in [3.8, 4) is 5.75 Å². The van der Waals surface area contributed by atoms with Gasteiger partial charge in [0, 0.05) is 12.5 Å². The monoisotopic (exact) mass is 285 g/mol. The zero-order chi connectivity index (χ0) is 14.8. The van der Waals surface area contributed by atoms with Gasteiger partial charge in [-0.1, -0.05) is 18.2 Å². The van der Waals surface area contributed by atoms with E-state index in [1.54, 1.807) is 13.0 Å². The van der Waals surface area contributed by atoms with Crippen molar-refractivity contribution in [2.75, 3.05) is 11.9 Å². The molecule has 1 aromatic heterocycles. The highest BCUT2D eigenvalue weighted by molar-refractivity contribution is 5.45. The Morgan fingerprint density at radius 2 is 2.19 bits per heavy atom. The number of benzene rings is 1. The van der Waals surface area contributed by atoms with E-state index in [0.29, 0.717) is 18.1 Å². The largest absolute Gasteiger partial charge is 0.488 e. The van der Waals surface area contributed by atoms with Gasteiger partial charge in [-0.25, -0.2) is 4.98 Å². The van der Waals surface area contributed by atoms with Gasteiger partial charge in [-0.15, -0.1) is 0 Å². The van der Waals surface area contributed by atoms with Crippen LogP contribution in [0.4, 0.5) is 11.5 Å². The lowest BCUT2D eigenvalue weighted by Gasteiger charge is -2.12. The molecular weight excluding hydrogens is 270 g/mol. The zero-order valence-corrected chi connectivity index (χ0v) is 11.6. The maximum absolute atomic E-state index is 10.8. The molecule has 108 valence electrons. The normalized spacial score (nSPS) is 16.1. The molecule has 0 amide bonds. The minimum atomic E-state index is -0.428. The maximum atomic E-state index is 10.8. The summed E-state index contributed by atoms with van der Waals surface area (Å²) in [5.41, 5.74) is 1.64. The van der Waals surface area contributed by atoms with Gasteiger partial charge in [0.05, 0.1) is 11.5 Å². The first kappa shape index (κ1) is 13.4. The van der Waals surface area contributed by atoms with Crippen LogP contribution in [0.3, 0.4) is 0 Å². The number of pyridine rings is 1. The average molecular weight is 285 g/mol. The second-order valence-electron chi connectivity index (χ2n) is 4.99. The zero-order valence-electron chi connectivity index (χ0n) is 11.6. The van der Waals surface area contributed by atoms with Crippen molar-refractivity contribution in [3.63, 3.8) is 0 Å². The SMILES string of the molecule is Cc1nc(NCC2Cc3ccccc3O2)ccc1[N+](=O)[O-]. The van der Waals surface area contributed by atoms with Gasteiger partial charge in [0.1, 0.15) is 23.4 Å². The summed E-state index contributed by atoms with van der Waals surface area (Å²) in [6.45, 7) is 2.24. The number of ether oxygens (including phenoxy) is 1. The van der Waals surface area contributed by atoms with Crippen LogP contribution in [-0.2, 0) is 6.42 Å². The van der Waals surface area contributed by atoms with Gasteiger partial charge in [0.2, 0.25) is 0 Å². The maximum Gasteiger partial charge on any atom is 0.290 e. The van der Waals surface area contributed by atoms with E-state index in [2.05, 4.69) is 16.4 Å². The van der Waals surface area contributed by atoms with E-state index in [-0.39, 0.29) is 11.8 Å². The van der Waals surface area contributed by atoms with E-state index >= 15 is 0 Å². The third kappa shape index (κ3) is 2.79. The molecule has 1 atom stereocenters. The van der Waals surface area contributed by atoms with E-state index in [1.165, 1.54) is 11.6 Å². The fourth-order valence-corrected chi connectivity index (χ4v) is 2.43. The smallest absolute Gasteiger partial charge is 0.290 e. The molecule has 0 fully saturated rings. The minimum absolute atomic E-state index is 0.0325. The number of hydrogen-bond acceptors (Lipinski definition) is 5. The van der Waals surface area contributed by atoms with Crippen LogP contribution >= 0.6 is 0 Å². The van der Waals surface area contributed by atoms with Crippen molar-refractivity contribution in [2.45, 2.75) is 19.4 Å². The third-order valence-electron chi connectivity index (χ3n) is 3.48. The Bertz CT molecular complexity index is 663. The molecule has 21 heavy (non-hydrogen) atoms. The second-order valence-corrected chi connectivity index (χ2v) is 4.99. The number of aromatic nitrogens is 1. The van der Waals surface area contributed by atoms with E-state index in [0.717, 1.165) is 12.2 Å². The first-order chi connectivity index (χ1) is 10.1. The molecule has 1 aliphatic rings. The molecule has 3 rings (SSSR count). The molecule has 1 N–H and O–H groups in total. The van der Waals surface area contributed by atoms with Crippen molar-refractivity contribution in [2.24, 2.45) is 0 Å². The number of para-hydroxylation sites is 1. The van der Waals surface area contributed by atoms with Gasteiger partial charge >= 0.3 is 0 Å². The molecule has 2 aromatic rings. The van der Waals surface area contributed by atoms with Crippen LogP contribution in [0.1, 0.15) is 11.3 Å². The highest BCUT2D eigenvalue weighted by Gasteiger charge is 2.22. The van der Waals surface area contributed by atoms with Gasteiger partial charge < -0.3 is 10.1 Å². The van der Waals surface area contributed by atoms with Crippen LogP contribution in [0.5, 0.6) is 5.75 Å². The van der Waals surface area contributed by atoms with Crippen LogP contribution < -0.4 is 10.1 Å². The Morgan fingerprint density at radius 3 is 2.90 bits per heavy atom. The molecule has 0 radical (unpaired) electrons. The highest BCUT2D eigenvalue weighted by atomic mass is 16.6. The summed E-state index contributed by atoms with van der Waals surface area (Å²) in [5.74, 6) is 1.55. The topological polar surface area (TPSA) is 77.3 Å². The molecule has 1 aromatic carbocycles. The van der Waals surface area contributed by atoms with Gasteiger partial charge in [0.15, 0.2) is 0 Å². The number of aryl methyl sites for hydroxylation is 1. The summed E-state index contributed by atoms with van der Waals surface area (Å²) in [7, 11) is 0. The highest BCUT2D eigenvalue weighted by Crippen LogP contribution is 2.28. The van der Waals surface area contributed by atoms with Crippen LogP contribution in [-0.4, -0.2) is 22.6 Å². The van der Waals surface area contributed by atoms with Crippen molar-refractivity contribution < 1.29 is 9.66 Å². The number of nitro groups is 1. The third-order valence-corrected chi connectivity index (χ3v) is 3.48. The molecular formula is C15H15N3O3. The number of hydrogen-bond donors (Lipinski definition) is 1. The quantitative estimate of drug-likeness (QED) is 0.690. The number of anilines is 1. The summed E-state index contributed by atoms with van der Waals surface area (Å²) in [6, 6.07) is 11.1. The molecule has 6 nitrogen and oxygen atoms in total. The standard InChI is InChI=1S/C15H15N3O3/c1-10-13(18(19)20)6-7-15(17-10)16-9-12-8-11-4-2-3-5-14(11)21-12/h2-7,12H,8-9H2,1H3,(H,16,17). The summed E-state index contributed by atoms with van der Waals surface area (Å²) in [5, 5.41) is 13.9. The molecule has 1 aliphatic heterocycles. The molecule has 2 heterocycles. The molecule has 0 bridgehead atoms. The molecule has 6 heteroatoms. The minimum Gasteiger partial charge on any atom is -0.488 e. The first-order valence-corrected chi connectivity index (χ1v) is 6.74. The number of rotatable bonds is 4. The lowest BCUT2D eigenvalue weighted by Crippen LogP contribution is -2.24. The summed E-state index contributed by atoms with van der Waals surface area (Å²) < 4.78 is 5.82. The number of nitrogens with one attached hydrogen (secondary N) is 1. The summed E-state index contributed by atoms with van der Waals surface area (Å²) in [4.78, 5) is 14.5. The Balaban J connectivity index is 1.62. The van der Waals surface area contributed by atoms with Gasteiger partial charge in [-0.3, -0.25) is 10.1 Å². The Morgan fingerprint density at radius 1 is 1.38 bits per heavy atom. The van der Waals surface area contributed by atoms with Crippen molar-refractivity contribution in [1.29, 1.82) is 0 Å². The van der Waals surface area contributed by atoms with Gasteiger partial charge in [-0.05, 0) is 24.6 Å². The first-order valence-electron chi connectivity index (χ1n) is 6.74. The number of nitrogens with zero attached hydrogens (tertiary/aromatic N) is 2. The lowest BCUT2D eigenvalue weighted by atomic mass is 10.1. The van der Waals surface area contributed by atoms with Crippen molar-refractivity contribution in [3.05, 3.63) is 57.8 Å². The molecule has 0 saturated heterocycles. The second kappa shape index (κ2) is 5.40. The number of fused-ring (bicyclic) bond motifs is 1. The summed E-state index contributed by atoms with van der Waals surface area (Å²) in [6.07, 6.45) is 0.912. The summed E-state index contributed by atoms with van der Waals surface area (Å²) >= 11 is 0. The fraction of sp³-hybridized carbons (Fsp3) is 0.267. The Hall–Kier alpha value is -2.63. The Labute approximate surface area is 121 Å². The van der Waals surface area contributed by atoms with Crippen LogP contribution in [0, 0.1) is 17.0 Å². The van der Waals surface area contributed by atoms with Crippen LogP contribution in [0.2, 0.25) is 0 Å². The van der Waals surface area contributed by atoms with Crippen LogP contribution in [0.25, 0.3) is 0 Å². The van der Waals surface area contributed by atoms with Crippen molar-refractivity contribution in [1.82, 2.24) is 4.98 Å². The van der Waals surface area contributed by atoms with E-state index in [1.807, 2.05) is 18.2 Å². The van der Waals surface area contributed by atoms with Crippen molar-refractivity contribution >= 4 is 11.5 Å². The lowest BCUT2D eigenvalue weighted by molar-refractivity contribution is -0.385. The predicted octanol–water partition coefficient (Wildman–Crippen LogP) is 2.71.